The number of hydrogen-bond donors (Lipinski definition) is 2. The van der Waals surface area contributed by atoms with E-state index in [0.717, 1.165) is 0 Å². The fourth-order valence-electron chi connectivity index (χ4n) is 2.16. The average Bonchev–Trinajstić information content (AvgIpc) is 2.37. The summed E-state index contributed by atoms with van der Waals surface area (Å²) in [7, 11) is 0. The molecule has 0 unspecified atom stereocenters. The lowest BCUT2D eigenvalue weighted by atomic mass is 9.95. The highest BCUT2D eigenvalue weighted by atomic mass is 79.9. The van der Waals surface area contributed by atoms with E-state index in [1.165, 1.54) is 0 Å². The largest absolute Gasteiger partial charge is 0.396 e. The number of hydrogen-bond acceptors (Lipinski definition) is 3. The Morgan fingerprint density at radius 1 is 1.37 bits per heavy atom. The Morgan fingerprint density at radius 3 is 2.42 bits per heavy atom. The van der Waals surface area contributed by atoms with Crippen LogP contribution in [-0.2, 0) is 9.59 Å². The minimum Gasteiger partial charge on any atom is -0.396 e. The highest BCUT2D eigenvalue weighted by Crippen LogP contribution is 2.24. The second kappa shape index (κ2) is 7.24. The lowest BCUT2D eigenvalue weighted by Gasteiger charge is -2.34. The van der Waals surface area contributed by atoms with E-state index in [1.807, 2.05) is 18.7 Å². The predicted octanol–water partition coefficient (Wildman–Crippen LogP) is 0.897. The van der Waals surface area contributed by atoms with Gasteiger partial charge < -0.3 is 15.3 Å². The van der Waals surface area contributed by atoms with Crippen LogP contribution in [0.1, 0.15) is 33.1 Å². The smallest absolute Gasteiger partial charge is 0.238 e. The molecule has 1 aliphatic rings. The number of piperidine rings is 1. The van der Waals surface area contributed by atoms with Gasteiger partial charge in [0.25, 0.3) is 0 Å². The highest BCUT2D eigenvalue weighted by Gasteiger charge is 2.33. The molecule has 2 N–H and O–H groups in total. The quantitative estimate of drug-likeness (QED) is 0.579. The molecule has 110 valence electrons. The minimum absolute atomic E-state index is 0.0128. The number of likely N-dealkylation sites (tertiary alicyclic amines) is 1. The van der Waals surface area contributed by atoms with E-state index in [4.69, 9.17) is 5.11 Å². The van der Waals surface area contributed by atoms with Crippen LogP contribution in [0.3, 0.4) is 0 Å². The number of carbonyl (C=O) groups excluding carboxylic acids is 2. The highest BCUT2D eigenvalue weighted by molar-refractivity contribution is 9.10. The minimum atomic E-state index is -0.538. The molecular formula is C13H23BrN2O3. The Kier molecular flexibility index (Phi) is 6.26. The second-order valence-electron chi connectivity index (χ2n) is 5.41. The first kappa shape index (κ1) is 16.4. The zero-order valence-electron chi connectivity index (χ0n) is 11.6. The fraction of sp³-hybridized carbons (Fsp3) is 0.846. The van der Waals surface area contributed by atoms with E-state index in [-0.39, 0.29) is 24.3 Å². The van der Waals surface area contributed by atoms with Crippen molar-refractivity contribution >= 4 is 27.7 Å². The summed E-state index contributed by atoms with van der Waals surface area (Å²) < 4.78 is -0.538. The first-order valence-corrected chi connectivity index (χ1v) is 7.52. The van der Waals surface area contributed by atoms with Gasteiger partial charge in [0.2, 0.25) is 11.8 Å². The van der Waals surface area contributed by atoms with Crippen LogP contribution in [0.4, 0.5) is 0 Å². The zero-order valence-corrected chi connectivity index (χ0v) is 13.2. The summed E-state index contributed by atoms with van der Waals surface area (Å²) in [5.74, 6) is 0.103. The van der Waals surface area contributed by atoms with Gasteiger partial charge in [-0.1, -0.05) is 15.9 Å². The summed E-state index contributed by atoms with van der Waals surface area (Å²) in [5, 5.41) is 11.5. The molecule has 0 saturated carbocycles. The van der Waals surface area contributed by atoms with Gasteiger partial charge in [-0.3, -0.25) is 9.59 Å². The molecule has 5 nitrogen and oxygen atoms in total. The van der Waals surface area contributed by atoms with Crippen molar-refractivity contribution in [3.05, 3.63) is 0 Å². The van der Waals surface area contributed by atoms with Crippen molar-refractivity contribution in [3.8, 4) is 0 Å². The van der Waals surface area contributed by atoms with Crippen LogP contribution in [-0.4, -0.2) is 52.4 Å². The third-order valence-electron chi connectivity index (χ3n) is 3.30. The monoisotopic (exact) mass is 334 g/mol. The number of rotatable bonds is 5. The van der Waals surface area contributed by atoms with E-state index >= 15 is 0 Å². The van der Waals surface area contributed by atoms with Crippen LogP contribution in [0, 0.1) is 5.92 Å². The average molecular weight is 335 g/mol. The third kappa shape index (κ3) is 5.10. The van der Waals surface area contributed by atoms with E-state index in [2.05, 4.69) is 21.2 Å². The van der Waals surface area contributed by atoms with E-state index in [9.17, 15) is 9.59 Å². The molecule has 2 amide bonds. The van der Waals surface area contributed by atoms with Crippen LogP contribution in [0.25, 0.3) is 0 Å². The molecule has 0 aliphatic carbocycles. The molecule has 0 bridgehead atoms. The van der Waals surface area contributed by atoms with Gasteiger partial charge in [0.1, 0.15) is 0 Å². The molecule has 0 aromatic heterocycles. The SMILES string of the molecule is CC(C)(Br)C(=O)N1CCC(C(=O)NCCCO)CC1. The van der Waals surface area contributed by atoms with Gasteiger partial charge in [0.15, 0.2) is 0 Å². The van der Waals surface area contributed by atoms with Crippen molar-refractivity contribution in [2.75, 3.05) is 26.2 Å². The Bertz CT molecular complexity index is 320. The van der Waals surface area contributed by atoms with Crippen molar-refractivity contribution in [1.82, 2.24) is 10.2 Å². The van der Waals surface area contributed by atoms with Crippen LogP contribution in [0.2, 0.25) is 0 Å². The number of nitrogens with one attached hydrogen (secondary N) is 1. The lowest BCUT2D eigenvalue weighted by molar-refractivity contribution is -0.136. The lowest BCUT2D eigenvalue weighted by Crippen LogP contribution is -2.48. The molecule has 1 saturated heterocycles. The Balaban J connectivity index is 2.36. The molecule has 1 rings (SSSR count). The number of halogens is 1. The molecule has 19 heavy (non-hydrogen) atoms. The second-order valence-corrected chi connectivity index (χ2v) is 7.39. The van der Waals surface area contributed by atoms with Crippen molar-refractivity contribution < 1.29 is 14.7 Å². The van der Waals surface area contributed by atoms with Gasteiger partial charge in [-0.2, -0.15) is 0 Å². The zero-order chi connectivity index (χ0) is 14.5. The Morgan fingerprint density at radius 2 is 1.95 bits per heavy atom. The van der Waals surface area contributed by atoms with Crippen LogP contribution in [0.5, 0.6) is 0 Å². The van der Waals surface area contributed by atoms with Gasteiger partial charge in [0.05, 0.1) is 4.32 Å². The summed E-state index contributed by atoms with van der Waals surface area (Å²) in [6.07, 6.45) is 2.00. The van der Waals surface area contributed by atoms with E-state index in [1.54, 1.807) is 0 Å². The van der Waals surface area contributed by atoms with Crippen molar-refractivity contribution in [1.29, 1.82) is 0 Å². The molecule has 0 aromatic carbocycles. The number of nitrogens with zero attached hydrogens (tertiary/aromatic N) is 1. The summed E-state index contributed by atoms with van der Waals surface area (Å²) in [5.41, 5.74) is 0. The molecule has 6 heteroatoms. The number of carbonyl (C=O) groups is 2. The number of aliphatic hydroxyl groups excluding tert-OH is 1. The summed E-state index contributed by atoms with van der Waals surface area (Å²) in [6, 6.07) is 0. The first-order valence-electron chi connectivity index (χ1n) is 6.73. The van der Waals surface area contributed by atoms with Crippen molar-refractivity contribution in [2.24, 2.45) is 5.92 Å². The standard InChI is InChI=1S/C13H23BrN2O3/c1-13(2,14)12(19)16-7-4-10(5-8-16)11(18)15-6-3-9-17/h10,17H,3-9H2,1-2H3,(H,15,18). The maximum atomic E-state index is 12.1. The number of amides is 2. The molecular weight excluding hydrogens is 312 g/mol. The first-order chi connectivity index (χ1) is 8.86. The van der Waals surface area contributed by atoms with Gasteiger partial charge in [-0.05, 0) is 33.1 Å². The molecule has 0 aromatic rings. The van der Waals surface area contributed by atoms with Gasteiger partial charge in [-0.25, -0.2) is 0 Å². The summed E-state index contributed by atoms with van der Waals surface area (Å²) in [6.45, 7) is 5.54. The van der Waals surface area contributed by atoms with Crippen LogP contribution < -0.4 is 5.32 Å². The summed E-state index contributed by atoms with van der Waals surface area (Å²) in [4.78, 5) is 25.7. The fourth-order valence-corrected chi connectivity index (χ4v) is 2.41. The molecule has 1 heterocycles. The van der Waals surface area contributed by atoms with Crippen LogP contribution >= 0.6 is 15.9 Å². The van der Waals surface area contributed by atoms with E-state index < -0.39 is 4.32 Å². The predicted molar refractivity (Wildman–Crippen MR) is 77.0 cm³/mol. The normalized spacial score (nSPS) is 17.4. The Hall–Kier alpha value is -0.620. The van der Waals surface area contributed by atoms with Crippen molar-refractivity contribution in [2.45, 2.75) is 37.4 Å². The molecule has 1 aliphatic heterocycles. The topological polar surface area (TPSA) is 69.6 Å². The Labute approximate surface area is 122 Å². The number of aliphatic hydroxyl groups is 1. The molecule has 0 radical (unpaired) electrons. The van der Waals surface area contributed by atoms with Gasteiger partial charge >= 0.3 is 0 Å². The molecule has 0 atom stereocenters. The third-order valence-corrected chi connectivity index (χ3v) is 3.63. The maximum Gasteiger partial charge on any atom is 0.238 e. The van der Waals surface area contributed by atoms with Crippen LogP contribution in [0.15, 0.2) is 0 Å². The number of alkyl halides is 1. The van der Waals surface area contributed by atoms with Gasteiger partial charge in [-0.15, -0.1) is 0 Å². The molecule has 0 spiro atoms. The summed E-state index contributed by atoms with van der Waals surface area (Å²) >= 11 is 3.37. The molecule has 1 fully saturated rings. The maximum absolute atomic E-state index is 12.1. The van der Waals surface area contributed by atoms with E-state index in [0.29, 0.717) is 38.9 Å². The van der Waals surface area contributed by atoms with Crippen molar-refractivity contribution in [3.63, 3.8) is 0 Å². The van der Waals surface area contributed by atoms with Gasteiger partial charge in [0, 0.05) is 32.2 Å².